The van der Waals surface area contributed by atoms with Crippen molar-refractivity contribution in [2.75, 3.05) is 46.4 Å². The largest absolute Gasteiger partial charge is 0.497 e. The minimum Gasteiger partial charge on any atom is -0.497 e. The fraction of sp³-hybridized carbons (Fsp3) is 0.375. The van der Waals surface area contributed by atoms with E-state index in [-0.39, 0.29) is 40.6 Å². The molecule has 12 nitrogen and oxygen atoms in total. The topological polar surface area (TPSA) is 133 Å². The van der Waals surface area contributed by atoms with Gasteiger partial charge in [0, 0.05) is 24.7 Å². The van der Waals surface area contributed by atoms with E-state index in [0.717, 1.165) is 4.31 Å². The van der Waals surface area contributed by atoms with Gasteiger partial charge in [0.1, 0.15) is 29.8 Å². The summed E-state index contributed by atoms with van der Waals surface area (Å²) in [6.07, 6.45) is 0. The maximum atomic E-state index is 14.4. The molecule has 0 aliphatic rings. The molecule has 0 unspecified atom stereocenters. The Labute approximate surface area is 264 Å². The molecule has 3 aromatic carbocycles. The average molecular weight is 644 g/mol. The summed E-state index contributed by atoms with van der Waals surface area (Å²) in [4.78, 5) is 28.6. The van der Waals surface area contributed by atoms with Crippen LogP contribution in [0.25, 0.3) is 0 Å². The summed E-state index contributed by atoms with van der Waals surface area (Å²) in [7, 11) is 2.76. The number of anilines is 1. The van der Waals surface area contributed by atoms with Gasteiger partial charge in [-0.05, 0) is 62.7 Å². The highest BCUT2D eigenvalue weighted by molar-refractivity contribution is 7.92. The third-order valence-electron chi connectivity index (χ3n) is 6.99. The number of hydrogen-bond donors (Lipinski definition) is 1. The predicted octanol–water partition coefficient (Wildman–Crippen LogP) is 3.87. The molecule has 0 fully saturated rings. The first kappa shape index (κ1) is 34.8. The van der Waals surface area contributed by atoms with E-state index in [2.05, 4.69) is 5.32 Å². The number of hydrogen-bond acceptors (Lipinski definition) is 9. The Bertz CT molecular complexity index is 1580. The SMILES string of the molecule is COc1ccc(CN(C(=O)CN(c2cc(OC)ccc2OC)S(=O)(=O)c2ccc(OC)c(OC)c2)[C@@H](C)C(=O)NC(C)C)cc1. The van der Waals surface area contributed by atoms with Gasteiger partial charge in [-0.3, -0.25) is 13.9 Å². The summed E-state index contributed by atoms with van der Waals surface area (Å²) in [5.41, 5.74) is 0.769. The summed E-state index contributed by atoms with van der Waals surface area (Å²) < 4.78 is 56.5. The van der Waals surface area contributed by atoms with Crippen molar-refractivity contribution in [3.8, 4) is 28.7 Å². The molecule has 0 spiro atoms. The fourth-order valence-corrected chi connectivity index (χ4v) is 5.96. The van der Waals surface area contributed by atoms with Crippen LogP contribution in [0.1, 0.15) is 26.3 Å². The zero-order chi connectivity index (χ0) is 33.3. The number of rotatable bonds is 15. The molecule has 45 heavy (non-hydrogen) atoms. The molecule has 0 saturated carbocycles. The number of benzene rings is 3. The summed E-state index contributed by atoms with van der Waals surface area (Å²) in [5, 5.41) is 2.83. The number of ether oxygens (including phenoxy) is 5. The summed E-state index contributed by atoms with van der Waals surface area (Å²) >= 11 is 0. The molecule has 0 radical (unpaired) electrons. The van der Waals surface area contributed by atoms with Crippen LogP contribution in [0.4, 0.5) is 5.69 Å². The average Bonchev–Trinajstić information content (AvgIpc) is 3.04. The van der Waals surface area contributed by atoms with Crippen molar-refractivity contribution in [2.45, 2.75) is 44.3 Å². The predicted molar refractivity (Wildman–Crippen MR) is 170 cm³/mol. The summed E-state index contributed by atoms with van der Waals surface area (Å²) in [6, 6.07) is 14.7. The van der Waals surface area contributed by atoms with E-state index in [9.17, 15) is 18.0 Å². The fourth-order valence-electron chi connectivity index (χ4n) is 4.52. The Morgan fingerprint density at radius 2 is 1.31 bits per heavy atom. The number of nitrogens with zero attached hydrogens (tertiary/aromatic N) is 2. The highest BCUT2D eigenvalue weighted by atomic mass is 32.2. The van der Waals surface area contributed by atoms with Crippen molar-refractivity contribution < 1.29 is 41.7 Å². The van der Waals surface area contributed by atoms with Gasteiger partial charge in [0.15, 0.2) is 11.5 Å². The van der Waals surface area contributed by atoms with Crippen molar-refractivity contribution in [1.82, 2.24) is 10.2 Å². The van der Waals surface area contributed by atoms with Crippen LogP contribution < -0.4 is 33.3 Å². The zero-order valence-corrected chi connectivity index (χ0v) is 27.6. The molecule has 244 valence electrons. The molecule has 0 aliphatic carbocycles. The van der Waals surface area contributed by atoms with E-state index in [1.54, 1.807) is 50.4 Å². The maximum Gasteiger partial charge on any atom is 0.265 e. The van der Waals surface area contributed by atoms with Crippen LogP contribution in [0, 0.1) is 0 Å². The first-order valence-corrected chi connectivity index (χ1v) is 15.5. The van der Waals surface area contributed by atoms with Gasteiger partial charge in [0.05, 0.1) is 46.1 Å². The molecular weight excluding hydrogens is 602 g/mol. The third kappa shape index (κ3) is 8.29. The number of amides is 2. The van der Waals surface area contributed by atoms with Gasteiger partial charge >= 0.3 is 0 Å². The van der Waals surface area contributed by atoms with Crippen molar-refractivity contribution in [1.29, 1.82) is 0 Å². The van der Waals surface area contributed by atoms with Crippen molar-refractivity contribution in [3.63, 3.8) is 0 Å². The second-order valence-corrected chi connectivity index (χ2v) is 12.1. The Morgan fingerprint density at radius 3 is 1.87 bits per heavy atom. The summed E-state index contributed by atoms with van der Waals surface area (Å²) in [6.45, 7) is 4.57. The Morgan fingerprint density at radius 1 is 0.733 bits per heavy atom. The van der Waals surface area contributed by atoms with Crippen LogP contribution in [0.2, 0.25) is 0 Å². The highest BCUT2D eigenvalue weighted by Gasteiger charge is 2.34. The van der Waals surface area contributed by atoms with Gasteiger partial charge in [-0.15, -0.1) is 0 Å². The van der Waals surface area contributed by atoms with Crippen LogP contribution in [-0.4, -0.2) is 79.3 Å². The molecule has 0 aliphatic heterocycles. The van der Waals surface area contributed by atoms with Crippen molar-refractivity contribution in [3.05, 3.63) is 66.2 Å². The standard InChI is InChI=1S/C32H41N3O9S/c1-21(2)33-32(37)22(3)34(19-23-9-11-24(40-4)12-10-23)31(36)20-35(27-17-25(41-5)13-15-28(27)42-6)45(38,39)26-14-16-29(43-7)30(18-26)44-8/h9-18,21-22H,19-20H2,1-8H3,(H,33,37)/t22-/m0/s1. The van der Waals surface area contributed by atoms with Gasteiger partial charge in [0.25, 0.3) is 10.0 Å². The number of nitrogens with one attached hydrogen (secondary N) is 1. The van der Waals surface area contributed by atoms with Crippen LogP contribution in [-0.2, 0) is 26.2 Å². The molecule has 0 heterocycles. The van der Waals surface area contributed by atoms with Gasteiger partial charge in [-0.25, -0.2) is 8.42 Å². The van der Waals surface area contributed by atoms with Crippen molar-refractivity contribution >= 4 is 27.5 Å². The van der Waals surface area contributed by atoms with Crippen LogP contribution in [0.5, 0.6) is 28.7 Å². The number of carbonyl (C=O) groups is 2. The third-order valence-corrected chi connectivity index (χ3v) is 8.74. The normalized spacial score (nSPS) is 11.8. The first-order chi connectivity index (χ1) is 21.4. The molecule has 0 saturated heterocycles. The Kier molecular flexibility index (Phi) is 11.9. The first-order valence-electron chi connectivity index (χ1n) is 14.1. The van der Waals surface area contributed by atoms with E-state index < -0.39 is 28.5 Å². The lowest BCUT2D eigenvalue weighted by molar-refractivity contribution is -0.139. The summed E-state index contributed by atoms with van der Waals surface area (Å²) in [5.74, 6) is 0.632. The van der Waals surface area contributed by atoms with Crippen molar-refractivity contribution in [2.24, 2.45) is 0 Å². The molecule has 13 heteroatoms. The molecular formula is C32H41N3O9S. The Balaban J connectivity index is 2.16. The smallest absolute Gasteiger partial charge is 0.265 e. The van der Waals surface area contributed by atoms with Gasteiger partial charge in [-0.2, -0.15) is 0 Å². The van der Waals surface area contributed by atoms with Crippen LogP contribution in [0.3, 0.4) is 0 Å². The Hall–Kier alpha value is -4.65. The van der Waals surface area contributed by atoms with Crippen LogP contribution >= 0.6 is 0 Å². The molecule has 2 amide bonds. The lowest BCUT2D eigenvalue weighted by Crippen LogP contribution is -2.52. The monoisotopic (exact) mass is 643 g/mol. The highest BCUT2D eigenvalue weighted by Crippen LogP contribution is 2.37. The minimum atomic E-state index is -4.45. The molecule has 3 rings (SSSR count). The van der Waals surface area contributed by atoms with E-state index in [1.165, 1.54) is 57.6 Å². The second kappa shape index (κ2) is 15.4. The van der Waals surface area contributed by atoms with Crippen LogP contribution in [0.15, 0.2) is 65.6 Å². The van der Waals surface area contributed by atoms with E-state index in [1.807, 2.05) is 13.8 Å². The van der Waals surface area contributed by atoms with E-state index in [0.29, 0.717) is 22.8 Å². The number of carbonyl (C=O) groups excluding carboxylic acids is 2. The molecule has 1 N–H and O–H groups in total. The number of sulfonamides is 1. The lowest BCUT2D eigenvalue weighted by atomic mass is 10.1. The van der Waals surface area contributed by atoms with Gasteiger partial charge in [-0.1, -0.05) is 12.1 Å². The van der Waals surface area contributed by atoms with Gasteiger partial charge in [0.2, 0.25) is 11.8 Å². The minimum absolute atomic E-state index is 0.0228. The quantitative estimate of drug-likeness (QED) is 0.262. The van der Waals surface area contributed by atoms with Gasteiger partial charge < -0.3 is 33.9 Å². The van der Waals surface area contributed by atoms with E-state index >= 15 is 0 Å². The molecule has 0 bridgehead atoms. The molecule has 0 aromatic heterocycles. The lowest BCUT2D eigenvalue weighted by Gasteiger charge is -2.32. The second-order valence-electron chi connectivity index (χ2n) is 10.3. The van der Waals surface area contributed by atoms with E-state index in [4.69, 9.17) is 23.7 Å². The molecule has 3 aromatic rings. The maximum absolute atomic E-state index is 14.4. The molecule has 1 atom stereocenters. The zero-order valence-electron chi connectivity index (χ0n) is 26.8. The number of methoxy groups -OCH3 is 5.